The third-order valence-corrected chi connectivity index (χ3v) is 5.39. The molecule has 0 saturated carbocycles. The maximum Gasteiger partial charge on any atom is 0.368 e. The molecule has 0 fully saturated rings. The van der Waals surface area contributed by atoms with Crippen molar-refractivity contribution in [2.75, 3.05) is 14.2 Å². The van der Waals surface area contributed by atoms with E-state index in [1.165, 1.54) is 0 Å². The van der Waals surface area contributed by atoms with Crippen molar-refractivity contribution < 1.29 is 8.85 Å². The molecule has 76 valence electrons. The maximum absolute atomic E-state index is 5.42. The third kappa shape index (κ3) is 2.12. The van der Waals surface area contributed by atoms with Crippen LogP contribution in [0.15, 0.2) is 36.9 Å². The molecular formula is C11H16O2Si. The van der Waals surface area contributed by atoms with Gasteiger partial charge in [-0.25, -0.2) is 0 Å². The Labute approximate surface area is 86.4 Å². The van der Waals surface area contributed by atoms with Gasteiger partial charge in [-0.15, -0.1) is 0 Å². The number of hydrogen-bond acceptors (Lipinski definition) is 2. The van der Waals surface area contributed by atoms with Crippen LogP contribution in [0.4, 0.5) is 0 Å². The molecule has 0 bridgehead atoms. The van der Waals surface area contributed by atoms with Gasteiger partial charge in [0.05, 0.1) is 0 Å². The van der Waals surface area contributed by atoms with Crippen molar-refractivity contribution in [1.82, 2.24) is 0 Å². The van der Waals surface area contributed by atoms with Crippen LogP contribution >= 0.6 is 0 Å². The van der Waals surface area contributed by atoms with Gasteiger partial charge in [0, 0.05) is 14.2 Å². The van der Waals surface area contributed by atoms with E-state index in [4.69, 9.17) is 8.85 Å². The lowest BCUT2D eigenvalue weighted by Gasteiger charge is -2.25. The molecule has 14 heavy (non-hydrogen) atoms. The summed E-state index contributed by atoms with van der Waals surface area (Å²) in [5, 5.41) is 0.961. The monoisotopic (exact) mass is 208 g/mol. The summed E-state index contributed by atoms with van der Waals surface area (Å²) in [6.45, 7) is 6.04. The Morgan fingerprint density at radius 2 is 1.64 bits per heavy atom. The summed E-state index contributed by atoms with van der Waals surface area (Å²) in [7, 11) is 1.10. The summed E-state index contributed by atoms with van der Waals surface area (Å²) < 4.78 is 10.8. The molecule has 0 amide bonds. The van der Waals surface area contributed by atoms with E-state index in [2.05, 4.69) is 6.58 Å². The van der Waals surface area contributed by atoms with Gasteiger partial charge < -0.3 is 8.85 Å². The second-order valence-electron chi connectivity index (χ2n) is 3.20. The van der Waals surface area contributed by atoms with Crippen LogP contribution in [-0.4, -0.2) is 22.8 Å². The summed E-state index contributed by atoms with van der Waals surface area (Å²) in [6, 6.07) is 9.99. The van der Waals surface area contributed by atoms with E-state index in [9.17, 15) is 0 Å². The molecule has 0 aliphatic rings. The fraction of sp³-hybridized carbons (Fsp3) is 0.273. The van der Waals surface area contributed by atoms with Crippen molar-refractivity contribution in [2.45, 2.75) is 6.55 Å². The molecule has 0 unspecified atom stereocenters. The van der Waals surface area contributed by atoms with Gasteiger partial charge >= 0.3 is 8.56 Å². The first-order valence-corrected chi connectivity index (χ1v) is 6.81. The molecule has 0 heterocycles. The normalized spacial score (nSPS) is 11.4. The zero-order valence-corrected chi connectivity index (χ0v) is 9.91. The first kappa shape index (κ1) is 11.2. The van der Waals surface area contributed by atoms with Crippen LogP contribution in [0.25, 0.3) is 5.20 Å². The SMILES string of the molecule is C=C(c1ccccc1)[Si](C)(OC)OC. The second-order valence-corrected chi connectivity index (χ2v) is 6.51. The molecule has 1 rings (SSSR count). The zero-order valence-electron chi connectivity index (χ0n) is 8.91. The smallest absolute Gasteiger partial charge is 0.368 e. The summed E-state index contributed by atoms with van der Waals surface area (Å²) in [6.07, 6.45) is 0. The molecule has 0 atom stereocenters. The van der Waals surface area contributed by atoms with Gasteiger partial charge in [-0.3, -0.25) is 0 Å². The van der Waals surface area contributed by atoms with Crippen LogP contribution in [-0.2, 0) is 8.85 Å². The Kier molecular flexibility index (Phi) is 3.63. The fourth-order valence-corrected chi connectivity index (χ4v) is 2.58. The second kappa shape index (κ2) is 4.55. The fourth-order valence-electron chi connectivity index (χ4n) is 1.23. The third-order valence-electron chi connectivity index (χ3n) is 2.45. The van der Waals surface area contributed by atoms with Crippen molar-refractivity contribution in [3.05, 3.63) is 42.5 Å². The molecule has 3 heteroatoms. The van der Waals surface area contributed by atoms with E-state index in [0.29, 0.717) is 0 Å². The molecule has 1 aromatic rings. The zero-order chi connectivity index (χ0) is 10.6. The van der Waals surface area contributed by atoms with E-state index in [-0.39, 0.29) is 0 Å². The molecule has 0 N–H and O–H groups in total. The average molecular weight is 208 g/mol. The van der Waals surface area contributed by atoms with Crippen LogP contribution in [0.3, 0.4) is 0 Å². The largest absolute Gasteiger partial charge is 0.394 e. The van der Waals surface area contributed by atoms with Crippen molar-refractivity contribution in [2.24, 2.45) is 0 Å². The Bertz CT molecular complexity index is 304. The highest BCUT2D eigenvalue weighted by atomic mass is 28.4. The highest BCUT2D eigenvalue weighted by Crippen LogP contribution is 2.24. The lowest BCUT2D eigenvalue weighted by atomic mass is 10.2. The standard InChI is InChI=1S/C11H16O2Si/c1-10(14(4,12-2)13-3)11-8-6-5-7-9-11/h5-9H,1H2,2-4H3. The maximum atomic E-state index is 5.42. The van der Waals surface area contributed by atoms with Crippen LogP contribution in [0.2, 0.25) is 6.55 Å². The predicted octanol–water partition coefficient (Wildman–Crippen LogP) is 2.60. The van der Waals surface area contributed by atoms with Gasteiger partial charge in [-0.1, -0.05) is 36.9 Å². The Morgan fingerprint density at radius 3 is 2.07 bits per heavy atom. The molecule has 0 aliphatic heterocycles. The lowest BCUT2D eigenvalue weighted by Crippen LogP contribution is -2.37. The minimum atomic E-state index is -2.24. The minimum absolute atomic E-state index is 0.961. The number of rotatable bonds is 4. The molecule has 0 radical (unpaired) electrons. The molecule has 1 aromatic carbocycles. The molecule has 0 spiro atoms. The summed E-state index contributed by atoms with van der Waals surface area (Å²) in [5.74, 6) is 0. The highest BCUT2D eigenvalue weighted by molar-refractivity contribution is 6.85. The van der Waals surface area contributed by atoms with Crippen LogP contribution in [0.1, 0.15) is 5.56 Å². The van der Waals surface area contributed by atoms with Gasteiger partial charge in [-0.2, -0.15) is 0 Å². The van der Waals surface area contributed by atoms with E-state index in [1.54, 1.807) is 14.2 Å². The number of benzene rings is 1. The van der Waals surface area contributed by atoms with Crippen LogP contribution in [0, 0.1) is 0 Å². The van der Waals surface area contributed by atoms with Crippen molar-refractivity contribution in [1.29, 1.82) is 0 Å². The van der Waals surface area contributed by atoms with E-state index in [0.717, 1.165) is 10.8 Å². The van der Waals surface area contributed by atoms with Crippen molar-refractivity contribution >= 4 is 13.8 Å². The first-order chi connectivity index (χ1) is 6.64. The van der Waals surface area contributed by atoms with Gasteiger partial charge in [0.15, 0.2) is 0 Å². The molecule has 0 saturated heterocycles. The predicted molar refractivity (Wildman–Crippen MR) is 61.1 cm³/mol. The Balaban J connectivity index is 2.95. The summed E-state index contributed by atoms with van der Waals surface area (Å²) in [5.41, 5.74) is 1.09. The van der Waals surface area contributed by atoms with Gasteiger partial charge in [-0.05, 0) is 17.3 Å². The molecule has 0 aliphatic carbocycles. The van der Waals surface area contributed by atoms with Gasteiger partial charge in [0.25, 0.3) is 0 Å². The molecule has 2 nitrogen and oxygen atoms in total. The van der Waals surface area contributed by atoms with Crippen molar-refractivity contribution in [3.63, 3.8) is 0 Å². The van der Waals surface area contributed by atoms with Gasteiger partial charge in [0.1, 0.15) is 0 Å². The quantitative estimate of drug-likeness (QED) is 0.708. The Hall–Kier alpha value is -0.903. The lowest BCUT2D eigenvalue weighted by molar-refractivity contribution is 0.266. The Morgan fingerprint density at radius 1 is 1.14 bits per heavy atom. The topological polar surface area (TPSA) is 18.5 Å². The average Bonchev–Trinajstić information content (AvgIpc) is 2.28. The number of hydrogen-bond donors (Lipinski definition) is 0. The summed E-state index contributed by atoms with van der Waals surface area (Å²) >= 11 is 0. The van der Waals surface area contributed by atoms with Crippen LogP contribution in [0.5, 0.6) is 0 Å². The van der Waals surface area contributed by atoms with E-state index < -0.39 is 8.56 Å². The summed E-state index contributed by atoms with van der Waals surface area (Å²) in [4.78, 5) is 0. The van der Waals surface area contributed by atoms with Crippen molar-refractivity contribution in [3.8, 4) is 0 Å². The van der Waals surface area contributed by atoms with Crippen LogP contribution < -0.4 is 0 Å². The van der Waals surface area contributed by atoms with E-state index in [1.807, 2.05) is 36.9 Å². The minimum Gasteiger partial charge on any atom is -0.394 e. The first-order valence-electron chi connectivity index (χ1n) is 4.49. The highest BCUT2D eigenvalue weighted by Gasteiger charge is 2.33. The molecular weight excluding hydrogens is 192 g/mol. The van der Waals surface area contributed by atoms with E-state index >= 15 is 0 Å². The van der Waals surface area contributed by atoms with Gasteiger partial charge in [0.2, 0.25) is 0 Å². The molecule has 0 aromatic heterocycles.